The number of hydrogen-bond acceptors (Lipinski definition) is 1. The Bertz CT molecular complexity index is 255. The first kappa shape index (κ1) is 16.2. The van der Waals surface area contributed by atoms with Gasteiger partial charge < -0.3 is 0 Å². The Morgan fingerprint density at radius 1 is 1.00 bits per heavy atom. The van der Waals surface area contributed by atoms with Gasteiger partial charge in [-0.15, -0.1) is 0 Å². The number of benzene rings is 1. The van der Waals surface area contributed by atoms with Crippen LogP contribution in [0.5, 0.6) is 0 Å². The van der Waals surface area contributed by atoms with Crippen LogP contribution in [-0.2, 0) is 6.54 Å². The topological polar surface area (TPSA) is 3.24 Å². The highest BCUT2D eigenvalue weighted by atomic mass is 15.1. The molecule has 1 nitrogen and oxygen atoms in total. The zero-order valence-electron chi connectivity index (χ0n) is 12.2. The van der Waals surface area contributed by atoms with Gasteiger partial charge in [0, 0.05) is 12.6 Å². The van der Waals surface area contributed by atoms with E-state index in [0.717, 1.165) is 13.1 Å². The molecule has 0 N–H and O–H groups in total. The molecule has 0 fully saturated rings. The molecule has 0 aliphatic rings. The van der Waals surface area contributed by atoms with Crippen molar-refractivity contribution in [2.24, 2.45) is 0 Å². The maximum atomic E-state index is 2.51. The van der Waals surface area contributed by atoms with E-state index in [2.05, 4.69) is 69.9 Å². The molecule has 1 aromatic rings. The summed E-state index contributed by atoms with van der Waals surface area (Å²) in [6.45, 7) is 13.2. The van der Waals surface area contributed by atoms with E-state index < -0.39 is 0 Å². The molecule has 0 bridgehead atoms. The van der Waals surface area contributed by atoms with Crippen molar-refractivity contribution in [1.82, 2.24) is 4.90 Å². The van der Waals surface area contributed by atoms with Crippen LogP contribution in [0.1, 0.15) is 53.0 Å². The summed E-state index contributed by atoms with van der Waals surface area (Å²) in [4.78, 5) is 2.51. The number of nitrogens with zero attached hydrogens (tertiary/aromatic N) is 1. The van der Waals surface area contributed by atoms with Crippen molar-refractivity contribution in [2.45, 2.75) is 60.0 Å². The monoisotopic (exact) mass is 235 g/mol. The molecular formula is C16H29N. The van der Waals surface area contributed by atoms with Crippen LogP contribution in [0.15, 0.2) is 30.3 Å². The van der Waals surface area contributed by atoms with Crippen molar-refractivity contribution in [3.63, 3.8) is 0 Å². The minimum absolute atomic E-state index is 0.681. The van der Waals surface area contributed by atoms with Crippen molar-refractivity contribution in [1.29, 1.82) is 0 Å². The van der Waals surface area contributed by atoms with Gasteiger partial charge in [-0.25, -0.2) is 0 Å². The number of hydrogen-bond donors (Lipinski definition) is 0. The molecule has 0 amide bonds. The largest absolute Gasteiger partial charge is 0.297 e. The first-order valence-electron chi connectivity index (χ1n) is 6.97. The summed E-state index contributed by atoms with van der Waals surface area (Å²) in [6.07, 6.45) is 2.47. The van der Waals surface area contributed by atoms with Crippen LogP contribution < -0.4 is 0 Å². The van der Waals surface area contributed by atoms with Crippen LogP contribution >= 0.6 is 0 Å². The van der Waals surface area contributed by atoms with E-state index in [9.17, 15) is 0 Å². The van der Waals surface area contributed by atoms with Crippen molar-refractivity contribution < 1.29 is 0 Å². The first-order valence-corrected chi connectivity index (χ1v) is 6.97. The Labute approximate surface area is 108 Å². The molecule has 1 unspecified atom stereocenters. The third-order valence-electron chi connectivity index (χ3n) is 2.85. The summed E-state index contributed by atoms with van der Waals surface area (Å²) < 4.78 is 0. The fourth-order valence-electron chi connectivity index (χ4n) is 1.66. The van der Waals surface area contributed by atoms with Gasteiger partial charge in [0.05, 0.1) is 0 Å². The summed E-state index contributed by atoms with van der Waals surface area (Å²) in [5, 5.41) is 0. The smallest absolute Gasteiger partial charge is 0.0236 e. The Balaban J connectivity index is 0.000000770. The van der Waals surface area contributed by atoms with Gasteiger partial charge in [-0.05, 0) is 25.5 Å². The van der Waals surface area contributed by atoms with Gasteiger partial charge in [0.25, 0.3) is 0 Å². The summed E-state index contributed by atoms with van der Waals surface area (Å²) in [6, 6.07) is 11.4. The highest BCUT2D eigenvalue weighted by Crippen LogP contribution is 2.09. The lowest BCUT2D eigenvalue weighted by molar-refractivity contribution is 0.206. The molecule has 1 atom stereocenters. The average Bonchev–Trinajstić information content (AvgIpc) is 2.37. The molecule has 0 saturated carbocycles. The Morgan fingerprint density at radius 2 is 1.53 bits per heavy atom. The minimum atomic E-state index is 0.681. The van der Waals surface area contributed by atoms with Crippen LogP contribution in [0.2, 0.25) is 0 Å². The molecule has 0 heterocycles. The molecule has 0 aliphatic heterocycles. The van der Waals surface area contributed by atoms with Gasteiger partial charge in [-0.3, -0.25) is 4.90 Å². The van der Waals surface area contributed by atoms with E-state index in [0.29, 0.717) is 6.04 Å². The lowest BCUT2D eigenvalue weighted by Crippen LogP contribution is -2.31. The molecule has 0 saturated heterocycles. The van der Waals surface area contributed by atoms with Crippen molar-refractivity contribution in [3.8, 4) is 0 Å². The van der Waals surface area contributed by atoms with Gasteiger partial charge in [0.15, 0.2) is 0 Å². The highest BCUT2D eigenvalue weighted by Gasteiger charge is 2.09. The minimum Gasteiger partial charge on any atom is -0.297 e. The van der Waals surface area contributed by atoms with E-state index in [1.165, 1.54) is 18.4 Å². The fourth-order valence-corrected chi connectivity index (χ4v) is 1.66. The zero-order chi connectivity index (χ0) is 13.1. The molecule has 0 aliphatic carbocycles. The molecule has 0 aromatic heterocycles. The molecule has 1 rings (SSSR count). The molecule has 0 spiro atoms. The molecule has 17 heavy (non-hydrogen) atoms. The zero-order valence-corrected chi connectivity index (χ0v) is 12.2. The fraction of sp³-hybridized carbons (Fsp3) is 0.625. The van der Waals surface area contributed by atoms with Gasteiger partial charge in [-0.2, -0.15) is 0 Å². The van der Waals surface area contributed by atoms with E-state index in [-0.39, 0.29) is 0 Å². The van der Waals surface area contributed by atoms with Crippen molar-refractivity contribution in [2.75, 3.05) is 6.54 Å². The van der Waals surface area contributed by atoms with Crippen LogP contribution in [0, 0.1) is 0 Å². The third kappa shape index (κ3) is 7.17. The Kier molecular flexibility index (Phi) is 9.84. The second kappa shape index (κ2) is 10.3. The summed E-state index contributed by atoms with van der Waals surface area (Å²) in [5.74, 6) is 0. The van der Waals surface area contributed by atoms with Gasteiger partial charge in [0.2, 0.25) is 0 Å². The van der Waals surface area contributed by atoms with Crippen LogP contribution in [0.25, 0.3) is 0 Å². The van der Waals surface area contributed by atoms with Gasteiger partial charge in [0.1, 0.15) is 0 Å². The summed E-state index contributed by atoms with van der Waals surface area (Å²) in [7, 11) is 0. The lowest BCUT2D eigenvalue weighted by Gasteiger charge is -2.26. The SMILES string of the molecule is CCC.CCC(C)N(CC)Cc1ccccc1. The standard InChI is InChI=1S/C13H21N.C3H8/c1-4-12(3)14(5-2)11-13-9-7-6-8-10-13;1-3-2/h6-10,12H,4-5,11H2,1-3H3;3H2,1-2H3. The summed E-state index contributed by atoms with van der Waals surface area (Å²) >= 11 is 0. The predicted molar refractivity (Wildman–Crippen MR) is 78.2 cm³/mol. The molecule has 1 aromatic carbocycles. The second-order valence-corrected chi connectivity index (χ2v) is 4.51. The van der Waals surface area contributed by atoms with E-state index in [4.69, 9.17) is 0 Å². The van der Waals surface area contributed by atoms with Crippen LogP contribution in [-0.4, -0.2) is 17.5 Å². The van der Waals surface area contributed by atoms with Crippen LogP contribution in [0.3, 0.4) is 0 Å². The molecule has 0 radical (unpaired) electrons. The normalized spacial score (nSPS) is 11.9. The first-order chi connectivity index (χ1) is 8.19. The second-order valence-electron chi connectivity index (χ2n) is 4.51. The van der Waals surface area contributed by atoms with E-state index in [1.54, 1.807) is 0 Å². The quantitative estimate of drug-likeness (QED) is 0.713. The van der Waals surface area contributed by atoms with Gasteiger partial charge >= 0.3 is 0 Å². The maximum absolute atomic E-state index is 2.51. The highest BCUT2D eigenvalue weighted by molar-refractivity contribution is 5.14. The van der Waals surface area contributed by atoms with Crippen LogP contribution in [0.4, 0.5) is 0 Å². The molecule has 1 heteroatoms. The van der Waals surface area contributed by atoms with Crippen molar-refractivity contribution in [3.05, 3.63) is 35.9 Å². The van der Waals surface area contributed by atoms with E-state index >= 15 is 0 Å². The summed E-state index contributed by atoms with van der Waals surface area (Å²) in [5.41, 5.74) is 1.41. The van der Waals surface area contributed by atoms with Gasteiger partial charge in [-0.1, -0.05) is 64.4 Å². The lowest BCUT2D eigenvalue weighted by atomic mass is 10.1. The van der Waals surface area contributed by atoms with Crippen molar-refractivity contribution >= 4 is 0 Å². The van der Waals surface area contributed by atoms with E-state index in [1.807, 2.05) is 0 Å². The number of rotatable bonds is 5. The third-order valence-corrected chi connectivity index (χ3v) is 2.85. The molecular weight excluding hydrogens is 206 g/mol. The molecule has 98 valence electrons. The Morgan fingerprint density at radius 3 is 1.94 bits per heavy atom. The Hall–Kier alpha value is -0.820. The average molecular weight is 235 g/mol. The maximum Gasteiger partial charge on any atom is 0.0236 e. The predicted octanol–water partition coefficient (Wildman–Crippen LogP) is 4.72.